The van der Waals surface area contributed by atoms with Crippen molar-refractivity contribution in [1.82, 2.24) is 10.2 Å². The number of rotatable bonds is 6. The van der Waals surface area contributed by atoms with Crippen molar-refractivity contribution in [2.75, 3.05) is 26.2 Å². The van der Waals surface area contributed by atoms with Crippen molar-refractivity contribution in [3.8, 4) is 5.75 Å². The third-order valence-electron chi connectivity index (χ3n) is 4.09. The van der Waals surface area contributed by atoms with E-state index in [0.29, 0.717) is 11.8 Å². The van der Waals surface area contributed by atoms with Gasteiger partial charge in [-0.25, -0.2) is 0 Å². The summed E-state index contributed by atoms with van der Waals surface area (Å²) in [4.78, 5) is 2.54. The fourth-order valence-corrected chi connectivity index (χ4v) is 4.85. The normalized spacial score (nSPS) is 17.9. The minimum atomic E-state index is 0.349. The Morgan fingerprint density at radius 3 is 2.62 bits per heavy atom. The molecule has 1 fully saturated rings. The largest absolute Gasteiger partial charge is 0.506 e. The molecule has 0 bridgehead atoms. The summed E-state index contributed by atoms with van der Waals surface area (Å²) >= 11 is 4.59. The molecule has 1 atom stereocenters. The molecular formula is C16H24I2N2O. The molecule has 3 nitrogen and oxygen atoms in total. The molecule has 118 valence electrons. The standard InChI is InChI=1S/C16H24I2N2O/c1-2-3-4-5-15(20-8-6-19-7-9-20)13-10-12(17)11-14(18)16(13)21/h10-11,15,19,21H,2-9H2,1H3/t15-/m0/s1. The van der Waals surface area contributed by atoms with E-state index in [2.05, 4.69) is 68.4 Å². The van der Waals surface area contributed by atoms with Crippen LogP contribution in [0.3, 0.4) is 0 Å². The molecule has 0 aromatic heterocycles. The number of benzene rings is 1. The Balaban J connectivity index is 2.24. The molecule has 1 aromatic rings. The first-order valence-corrected chi connectivity index (χ1v) is 9.92. The minimum absolute atomic E-state index is 0.349. The lowest BCUT2D eigenvalue weighted by molar-refractivity contribution is 0.160. The summed E-state index contributed by atoms with van der Waals surface area (Å²) in [5.74, 6) is 0.482. The summed E-state index contributed by atoms with van der Waals surface area (Å²) < 4.78 is 2.17. The van der Waals surface area contributed by atoms with Crippen molar-refractivity contribution in [2.24, 2.45) is 0 Å². The van der Waals surface area contributed by atoms with Gasteiger partial charge >= 0.3 is 0 Å². The molecule has 0 aliphatic carbocycles. The van der Waals surface area contributed by atoms with E-state index in [0.717, 1.165) is 41.7 Å². The van der Waals surface area contributed by atoms with Crippen molar-refractivity contribution in [3.63, 3.8) is 0 Å². The van der Waals surface area contributed by atoms with Crippen LogP contribution in [0.4, 0.5) is 0 Å². The van der Waals surface area contributed by atoms with Crippen LogP contribution < -0.4 is 5.32 Å². The molecule has 2 N–H and O–H groups in total. The van der Waals surface area contributed by atoms with Gasteiger partial charge in [0, 0.05) is 41.4 Å². The predicted molar refractivity (Wildman–Crippen MR) is 105 cm³/mol. The number of nitrogens with one attached hydrogen (secondary N) is 1. The highest BCUT2D eigenvalue weighted by Crippen LogP contribution is 2.37. The summed E-state index contributed by atoms with van der Waals surface area (Å²) in [5, 5.41) is 13.9. The van der Waals surface area contributed by atoms with Crippen LogP contribution in [-0.4, -0.2) is 36.2 Å². The second-order valence-corrected chi connectivity index (χ2v) is 8.03. The number of nitrogens with zero attached hydrogens (tertiary/aromatic N) is 1. The Kier molecular flexibility index (Phi) is 7.51. The quantitative estimate of drug-likeness (QED) is 0.443. The smallest absolute Gasteiger partial charge is 0.133 e. The zero-order valence-electron chi connectivity index (χ0n) is 12.5. The van der Waals surface area contributed by atoms with Crippen molar-refractivity contribution in [2.45, 2.75) is 38.6 Å². The average molecular weight is 514 g/mol. The SMILES string of the molecule is CCCCC[C@@H](c1cc(I)cc(I)c1O)N1CCNCC1. The number of halogens is 2. The highest BCUT2D eigenvalue weighted by Gasteiger charge is 2.25. The Morgan fingerprint density at radius 1 is 1.24 bits per heavy atom. The first-order valence-electron chi connectivity index (χ1n) is 7.76. The molecule has 2 rings (SSSR count). The van der Waals surface area contributed by atoms with Gasteiger partial charge in [-0.3, -0.25) is 4.90 Å². The topological polar surface area (TPSA) is 35.5 Å². The number of piperazine rings is 1. The van der Waals surface area contributed by atoms with Crippen LogP contribution in [0.5, 0.6) is 5.75 Å². The monoisotopic (exact) mass is 514 g/mol. The van der Waals surface area contributed by atoms with E-state index in [1.165, 1.54) is 22.8 Å². The molecule has 1 saturated heterocycles. The first kappa shape index (κ1) is 17.7. The van der Waals surface area contributed by atoms with Crippen LogP contribution in [0, 0.1) is 7.14 Å². The summed E-state index contributed by atoms with van der Waals surface area (Å²) in [6.07, 6.45) is 4.87. The second kappa shape index (κ2) is 8.88. The molecule has 5 heteroatoms. The van der Waals surface area contributed by atoms with Gasteiger partial charge in [0.15, 0.2) is 0 Å². The average Bonchev–Trinajstić information content (AvgIpc) is 2.49. The number of hydrogen-bond donors (Lipinski definition) is 2. The van der Waals surface area contributed by atoms with E-state index in [1.807, 2.05) is 6.07 Å². The van der Waals surface area contributed by atoms with Crippen LogP contribution in [-0.2, 0) is 0 Å². The second-order valence-electron chi connectivity index (χ2n) is 5.62. The Hall–Kier alpha value is 0.400. The highest BCUT2D eigenvalue weighted by atomic mass is 127. The van der Waals surface area contributed by atoms with Crippen LogP contribution in [0.25, 0.3) is 0 Å². The van der Waals surface area contributed by atoms with Gasteiger partial charge in [-0.15, -0.1) is 0 Å². The lowest BCUT2D eigenvalue weighted by Crippen LogP contribution is -2.45. The number of phenols is 1. The van der Waals surface area contributed by atoms with E-state index in [9.17, 15) is 5.11 Å². The van der Waals surface area contributed by atoms with E-state index in [4.69, 9.17) is 0 Å². The number of aromatic hydroxyl groups is 1. The summed E-state index contributed by atoms with van der Waals surface area (Å²) in [5.41, 5.74) is 1.12. The maximum atomic E-state index is 10.5. The number of hydrogen-bond acceptors (Lipinski definition) is 3. The summed E-state index contributed by atoms with van der Waals surface area (Å²) in [7, 11) is 0. The zero-order valence-corrected chi connectivity index (χ0v) is 16.9. The van der Waals surface area contributed by atoms with Gasteiger partial charge in [0.05, 0.1) is 3.57 Å². The maximum absolute atomic E-state index is 10.5. The van der Waals surface area contributed by atoms with Crippen molar-refractivity contribution in [1.29, 1.82) is 0 Å². The maximum Gasteiger partial charge on any atom is 0.133 e. The number of unbranched alkanes of at least 4 members (excludes halogenated alkanes) is 2. The van der Waals surface area contributed by atoms with Crippen molar-refractivity contribution >= 4 is 45.2 Å². The van der Waals surface area contributed by atoms with Crippen LogP contribution >= 0.6 is 45.2 Å². The van der Waals surface area contributed by atoms with E-state index in [1.54, 1.807) is 0 Å². The van der Waals surface area contributed by atoms with Gasteiger partial charge < -0.3 is 10.4 Å². The fourth-order valence-electron chi connectivity index (χ4n) is 2.96. The van der Waals surface area contributed by atoms with Crippen LogP contribution in [0.2, 0.25) is 0 Å². The van der Waals surface area contributed by atoms with E-state index < -0.39 is 0 Å². The highest BCUT2D eigenvalue weighted by molar-refractivity contribution is 14.1. The Bertz CT molecular complexity index is 462. The molecule has 1 aliphatic heterocycles. The third-order valence-corrected chi connectivity index (χ3v) is 5.54. The van der Waals surface area contributed by atoms with E-state index >= 15 is 0 Å². The lowest BCUT2D eigenvalue weighted by Gasteiger charge is -2.36. The Labute approximate surface area is 155 Å². The van der Waals surface area contributed by atoms with E-state index in [-0.39, 0.29) is 0 Å². The zero-order chi connectivity index (χ0) is 15.2. The molecule has 1 heterocycles. The van der Waals surface area contributed by atoms with Crippen molar-refractivity contribution in [3.05, 3.63) is 24.8 Å². The predicted octanol–water partition coefficient (Wildman–Crippen LogP) is 4.13. The van der Waals surface area contributed by atoms with Gasteiger partial charge in [-0.05, 0) is 63.7 Å². The third kappa shape index (κ3) is 4.94. The summed E-state index contributed by atoms with van der Waals surface area (Å²) in [6.45, 7) is 6.47. The first-order chi connectivity index (χ1) is 10.1. The molecule has 0 spiro atoms. The van der Waals surface area contributed by atoms with Gasteiger partial charge in [-0.2, -0.15) is 0 Å². The molecule has 0 amide bonds. The van der Waals surface area contributed by atoms with Gasteiger partial charge in [-0.1, -0.05) is 26.2 Å². The number of phenolic OH excluding ortho intramolecular Hbond substituents is 1. The molecule has 21 heavy (non-hydrogen) atoms. The molecule has 1 aliphatic rings. The fraction of sp³-hybridized carbons (Fsp3) is 0.625. The molecule has 1 aromatic carbocycles. The summed E-state index contributed by atoms with van der Waals surface area (Å²) in [6, 6.07) is 4.55. The molecule has 0 radical (unpaired) electrons. The molecule has 0 unspecified atom stereocenters. The van der Waals surface area contributed by atoms with Crippen LogP contribution in [0.15, 0.2) is 12.1 Å². The van der Waals surface area contributed by atoms with Gasteiger partial charge in [0.2, 0.25) is 0 Å². The van der Waals surface area contributed by atoms with Gasteiger partial charge in [0.25, 0.3) is 0 Å². The van der Waals surface area contributed by atoms with Crippen molar-refractivity contribution < 1.29 is 5.11 Å². The van der Waals surface area contributed by atoms with Crippen LogP contribution in [0.1, 0.15) is 44.2 Å². The lowest BCUT2D eigenvalue weighted by atomic mass is 9.97. The minimum Gasteiger partial charge on any atom is -0.506 e. The molecular weight excluding hydrogens is 490 g/mol. The molecule has 0 saturated carbocycles. The Morgan fingerprint density at radius 2 is 1.95 bits per heavy atom. The van der Waals surface area contributed by atoms with Gasteiger partial charge in [0.1, 0.15) is 5.75 Å².